The van der Waals surface area contributed by atoms with Gasteiger partial charge in [0.25, 0.3) is 5.91 Å². The van der Waals surface area contributed by atoms with E-state index in [1.54, 1.807) is 0 Å². The number of nitrogens with zero attached hydrogens (tertiary/aromatic N) is 3. The van der Waals surface area contributed by atoms with Crippen LogP contribution in [0.5, 0.6) is 0 Å². The van der Waals surface area contributed by atoms with Crippen molar-refractivity contribution in [3.05, 3.63) is 45.7 Å². The Labute approximate surface area is 157 Å². The molecule has 0 bridgehead atoms. The van der Waals surface area contributed by atoms with E-state index >= 15 is 0 Å². The topological polar surface area (TPSA) is 38.1 Å². The maximum atomic E-state index is 13.2. The third-order valence-corrected chi connectivity index (χ3v) is 6.05. The van der Waals surface area contributed by atoms with Crippen LogP contribution in [0.4, 0.5) is 0 Å². The second-order valence-electron chi connectivity index (χ2n) is 7.21. The van der Waals surface area contributed by atoms with Crippen molar-refractivity contribution in [1.82, 2.24) is 14.7 Å². The van der Waals surface area contributed by atoms with Crippen LogP contribution in [0, 0.1) is 0 Å². The quantitative estimate of drug-likeness (QED) is 0.741. The molecule has 1 fully saturated rings. The molecule has 2 aromatic rings. The lowest BCUT2D eigenvalue weighted by Crippen LogP contribution is -2.42. The Bertz CT molecular complexity index is 781. The van der Waals surface area contributed by atoms with Crippen molar-refractivity contribution in [2.24, 2.45) is 0 Å². The lowest BCUT2D eigenvalue weighted by molar-refractivity contribution is 0.0628. The van der Waals surface area contributed by atoms with Gasteiger partial charge in [0.2, 0.25) is 0 Å². The van der Waals surface area contributed by atoms with E-state index in [1.807, 2.05) is 21.7 Å². The summed E-state index contributed by atoms with van der Waals surface area (Å²) in [7, 11) is 0. The highest BCUT2D eigenvalue weighted by Gasteiger charge is 2.31. The van der Waals surface area contributed by atoms with Gasteiger partial charge < -0.3 is 4.90 Å². The molecule has 1 saturated heterocycles. The van der Waals surface area contributed by atoms with Crippen molar-refractivity contribution in [2.45, 2.75) is 57.9 Å². The van der Waals surface area contributed by atoms with Crippen molar-refractivity contribution in [3.63, 3.8) is 0 Å². The number of benzene rings is 1. The van der Waals surface area contributed by atoms with Crippen LogP contribution in [0.3, 0.4) is 0 Å². The Hall–Kier alpha value is -1.62. The van der Waals surface area contributed by atoms with E-state index in [1.165, 1.54) is 24.1 Å². The summed E-state index contributed by atoms with van der Waals surface area (Å²) in [5.41, 5.74) is 4.12. The van der Waals surface area contributed by atoms with Crippen LogP contribution in [0.2, 0.25) is 0 Å². The highest BCUT2D eigenvalue weighted by molar-refractivity contribution is 9.10. The predicted molar refractivity (Wildman–Crippen MR) is 102 cm³/mol. The number of rotatable bonds is 2. The summed E-state index contributed by atoms with van der Waals surface area (Å²) in [6, 6.07) is 8.49. The molecule has 132 valence electrons. The Morgan fingerprint density at radius 1 is 1.12 bits per heavy atom. The molecule has 0 unspecified atom stereocenters. The van der Waals surface area contributed by atoms with E-state index < -0.39 is 0 Å². The summed E-state index contributed by atoms with van der Waals surface area (Å²) >= 11 is 3.49. The van der Waals surface area contributed by atoms with E-state index in [0.717, 1.165) is 48.8 Å². The first-order valence-corrected chi connectivity index (χ1v) is 10.1. The Morgan fingerprint density at radius 2 is 1.88 bits per heavy atom. The fourth-order valence-corrected chi connectivity index (χ4v) is 4.37. The van der Waals surface area contributed by atoms with Crippen molar-refractivity contribution in [2.75, 3.05) is 6.54 Å². The van der Waals surface area contributed by atoms with Gasteiger partial charge in [-0.3, -0.25) is 4.79 Å². The predicted octanol–water partition coefficient (Wildman–Crippen LogP) is 4.53. The van der Waals surface area contributed by atoms with Gasteiger partial charge in [-0.05, 0) is 76.1 Å². The zero-order valence-corrected chi connectivity index (χ0v) is 16.3. The second kappa shape index (κ2) is 6.94. The molecule has 2 aliphatic rings. The van der Waals surface area contributed by atoms with E-state index in [2.05, 4.69) is 35.0 Å². The fourth-order valence-electron chi connectivity index (χ4n) is 4.10. The lowest BCUT2D eigenvalue weighted by Gasteiger charge is -2.33. The van der Waals surface area contributed by atoms with E-state index in [4.69, 9.17) is 5.10 Å². The summed E-state index contributed by atoms with van der Waals surface area (Å²) in [6.45, 7) is 3.02. The molecule has 4 nitrogen and oxygen atoms in total. The van der Waals surface area contributed by atoms with Crippen LogP contribution in [0.25, 0.3) is 5.69 Å². The first kappa shape index (κ1) is 16.8. The number of hydrogen-bond donors (Lipinski definition) is 0. The maximum absolute atomic E-state index is 13.2. The number of carbonyl (C=O) groups excluding carboxylic acids is 1. The number of fused-ring (bicyclic) bond motifs is 1. The van der Waals surface area contributed by atoms with Crippen LogP contribution >= 0.6 is 15.9 Å². The van der Waals surface area contributed by atoms with Crippen LogP contribution in [-0.4, -0.2) is 33.2 Å². The molecule has 1 aromatic carbocycles. The molecule has 0 N–H and O–H groups in total. The third-order valence-electron chi connectivity index (χ3n) is 5.52. The average molecular weight is 402 g/mol. The van der Waals surface area contributed by atoms with Gasteiger partial charge in [0.05, 0.1) is 5.69 Å². The molecule has 0 radical (unpaired) electrons. The van der Waals surface area contributed by atoms with Crippen LogP contribution < -0.4 is 0 Å². The van der Waals surface area contributed by atoms with E-state index in [-0.39, 0.29) is 5.91 Å². The van der Waals surface area contributed by atoms with Crippen molar-refractivity contribution >= 4 is 21.8 Å². The largest absolute Gasteiger partial charge is 0.335 e. The first-order chi connectivity index (χ1) is 12.1. The highest BCUT2D eigenvalue weighted by Crippen LogP contribution is 2.29. The van der Waals surface area contributed by atoms with E-state index in [0.29, 0.717) is 11.7 Å². The standard InChI is InChI=1S/C20H24BrN3O/c1-14-6-4-5-13-23(14)20(25)19-17-7-2-3-8-18(17)24(22-19)16-11-9-15(21)10-12-16/h9-12,14H,2-8,13H2,1H3/t14-/m1/s1. The number of hydrogen-bond acceptors (Lipinski definition) is 2. The van der Waals surface area contributed by atoms with Crippen LogP contribution in [-0.2, 0) is 12.8 Å². The van der Waals surface area contributed by atoms with Crippen LogP contribution in [0.1, 0.15) is 60.8 Å². The zero-order chi connectivity index (χ0) is 17.4. The normalized spacial score (nSPS) is 20.4. The number of amides is 1. The van der Waals surface area contributed by atoms with Gasteiger partial charge in [0.1, 0.15) is 0 Å². The van der Waals surface area contributed by atoms with Crippen LogP contribution in [0.15, 0.2) is 28.7 Å². The molecule has 0 spiro atoms. The molecule has 5 heteroatoms. The molecule has 2 heterocycles. The maximum Gasteiger partial charge on any atom is 0.274 e. The molecule has 1 amide bonds. The fraction of sp³-hybridized carbons (Fsp3) is 0.500. The van der Waals surface area contributed by atoms with Gasteiger partial charge >= 0.3 is 0 Å². The zero-order valence-electron chi connectivity index (χ0n) is 14.7. The molecule has 1 aliphatic carbocycles. The third kappa shape index (κ3) is 3.14. The molecule has 0 saturated carbocycles. The van der Waals surface area contributed by atoms with Crippen molar-refractivity contribution < 1.29 is 4.79 Å². The minimum Gasteiger partial charge on any atom is -0.335 e. The molecular weight excluding hydrogens is 378 g/mol. The Balaban J connectivity index is 1.75. The molecule has 1 atom stereocenters. The summed E-state index contributed by atoms with van der Waals surface area (Å²) in [5.74, 6) is 0.126. The summed E-state index contributed by atoms with van der Waals surface area (Å²) < 4.78 is 3.05. The lowest BCUT2D eigenvalue weighted by atomic mass is 9.94. The highest BCUT2D eigenvalue weighted by atomic mass is 79.9. The SMILES string of the molecule is C[C@@H]1CCCCN1C(=O)c1nn(-c2ccc(Br)cc2)c2c1CCCC2. The van der Waals surface area contributed by atoms with Gasteiger partial charge in [-0.15, -0.1) is 0 Å². The number of piperidine rings is 1. The minimum atomic E-state index is 0.126. The first-order valence-electron chi connectivity index (χ1n) is 9.33. The summed E-state index contributed by atoms with van der Waals surface area (Å²) in [5, 5.41) is 4.81. The number of likely N-dealkylation sites (tertiary alicyclic amines) is 1. The van der Waals surface area contributed by atoms with Crippen molar-refractivity contribution in [1.29, 1.82) is 0 Å². The molecule has 25 heavy (non-hydrogen) atoms. The molecular formula is C20H24BrN3O. The molecule has 1 aliphatic heterocycles. The monoisotopic (exact) mass is 401 g/mol. The minimum absolute atomic E-state index is 0.126. The number of carbonyl (C=O) groups is 1. The van der Waals surface area contributed by atoms with Gasteiger partial charge in [0.15, 0.2) is 5.69 Å². The van der Waals surface area contributed by atoms with Gasteiger partial charge in [-0.1, -0.05) is 15.9 Å². The van der Waals surface area contributed by atoms with E-state index in [9.17, 15) is 4.79 Å². The second-order valence-corrected chi connectivity index (χ2v) is 8.13. The number of halogens is 1. The summed E-state index contributed by atoms with van der Waals surface area (Å²) in [6.07, 6.45) is 7.71. The number of aromatic nitrogens is 2. The van der Waals surface area contributed by atoms with Gasteiger partial charge in [-0.25, -0.2) is 4.68 Å². The summed E-state index contributed by atoms with van der Waals surface area (Å²) in [4.78, 5) is 15.3. The van der Waals surface area contributed by atoms with Gasteiger partial charge in [0, 0.05) is 28.3 Å². The Kier molecular flexibility index (Phi) is 4.67. The molecule has 4 rings (SSSR count). The Morgan fingerprint density at radius 3 is 2.64 bits per heavy atom. The average Bonchev–Trinajstić information content (AvgIpc) is 3.02. The van der Waals surface area contributed by atoms with Crippen molar-refractivity contribution in [3.8, 4) is 5.69 Å². The molecule has 1 aromatic heterocycles. The smallest absolute Gasteiger partial charge is 0.274 e. The van der Waals surface area contributed by atoms with Gasteiger partial charge in [-0.2, -0.15) is 5.10 Å².